The van der Waals surface area contributed by atoms with E-state index in [1.807, 2.05) is 0 Å². The number of methoxy groups -OCH3 is 1. The SMILES string of the molecule is CNc1ccc([N+](=O)[O-])c(NC2CC(OC)C2(C)C)n1. The third-order valence-electron chi connectivity index (χ3n) is 4.10. The molecule has 0 radical (unpaired) electrons. The first-order valence-electron chi connectivity index (χ1n) is 6.52. The minimum absolute atomic E-state index is 0.0133. The number of nitro groups is 1. The van der Waals surface area contributed by atoms with Crippen molar-refractivity contribution in [2.45, 2.75) is 32.4 Å². The highest BCUT2D eigenvalue weighted by atomic mass is 16.6. The molecule has 1 aromatic heterocycles. The van der Waals surface area contributed by atoms with Gasteiger partial charge in [-0.25, -0.2) is 4.98 Å². The molecule has 1 aliphatic carbocycles. The lowest BCUT2D eigenvalue weighted by Crippen LogP contribution is -2.57. The van der Waals surface area contributed by atoms with Gasteiger partial charge in [0, 0.05) is 31.7 Å². The predicted octanol–water partition coefficient (Wildman–Crippen LogP) is 2.26. The Balaban J connectivity index is 2.23. The number of hydrogen-bond acceptors (Lipinski definition) is 6. The van der Waals surface area contributed by atoms with E-state index in [9.17, 15) is 10.1 Å². The summed E-state index contributed by atoms with van der Waals surface area (Å²) >= 11 is 0. The largest absolute Gasteiger partial charge is 0.381 e. The summed E-state index contributed by atoms with van der Waals surface area (Å²) in [5.41, 5.74) is -0.0967. The van der Waals surface area contributed by atoms with Gasteiger partial charge in [0.25, 0.3) is 0 Å². The Kier molecular flexibility index (Phi) is 3.80. The second-order valence-corrected chi connectivity index (χ2v) is 5.55. The summed E-state index contributed by atoms with van der Waals surface area (Å²) in [6, 6.07) is 3.15. The smallest absolute Gasteiger partial charge is 0.311 e. The minimum Gasteiger partial charge on any atom is -0.381 e. The fourth-order valence-electron chi connectivity index (χ4n) is 2.54. The molecule has 0 saturated heterocycles. The summed E-state index contributed by atoms with van der Waals surface area (Å²) < 4.78 is 5.39. The Labute approximate surface area is 117 Å². The number of pyridine rings is 1. The van der Waals surface area contributed by atoms with Gasteiger partial charge in [0.1, 0.15) is 5.82 Å². The van der Waals surface area contributed by atoms with E-state index in [4.69, 9.17) is 4.74 Å². The maximum Gasteiger partial charge on any atom is 0.311 e. The van der Waals surface area contributed by atoms with Crippen LogP contribution in [0.15, 0.2) is 12.1 Å². The van der Waals surface area contributed by atoms with Crippen LogP contribution in [-0.4, -0.2) is 36.2 Å². The molecular formula is C13H20N4O3. The number of nitrogens with one attached hydrogen (secondary N) is 2. The molecule has 0 bridgehead atoms. The van der Waals surface area contributed by atoms with Crippen LogP contribution in [0.25, 0.3) is 0 Å². The molecule has 0 amide bonds. The van der Waals surface area contributed by atoms with Gasteiger partial charge in [-0.05, 0) is 12.5 Å². The second-order valence-electron chi connectivity index (χ2n) is 5.55. The van der Waals surface area contributed by atoms with Crippen molar-refractivity contribution in [3.8, 4) is 0 Å². The summed E-state index contributed by atoms with van der Waals surface area (Å²) in [6.45, 7) is 4.16. The molecule has 20 heavy (non-hydrogen) atoms. The zero-order valence-electron chi connectivity index (χ0n) is 12.1. The first kappa shape index (κ1) is 14.5. The standard InChI is InChI=1S/C13H20N4O3/c1-13(2)9(7-10(13)20-4)15-12-8(17(18)19)5-6-11(14-3)16-12/h5-6,9-10H,7H2,1-4H3,(H2,14,15,16). The molecule has 1 fully saturated rings. The third kappa shape index (κ3) is 2.40. The monoisotopic (exact) mass is 280 g/mol. The Morgan fingerprint density at radius 1 is 1.50 bits per heavy atom. The van der Waals surface area contributed by atoms with E-state index in [0.717, 1.165) is 6.42 Å². The van der Waals surface area contributed by atoms with Gasteiger partial charge in [-0.1, -0.05) is 13.8 Å². The van der Waals surface area contributed by atoms with Crippen LogP contribution in [0.1, 0.15) is 20.3 Å². The van der Waals surface area contributed by atoms with E-state index < -0.39 is 4.92 Å². The van der Waals surface area contributed by atoms with Crippen molar-refractivity contribution in [2.24, 2.45) is 5.41 Å². The molecule has 7 nitrogen and oxygen atoms in total. The van der Waals surface area contributed by atoms with Crippen molar-refractivity contribution in [1.82, 2.24) is 4.98 Å². The molecule has 110 valence electrons. The molecule has 2 N–H and O–H groups in total. The molecule has 0 aliphatic heterocycles. The Bertz CT molecular complexity index is 518. The number of rotatable bonds is 5. The van der Waals surface area contributed by atoms with Crippen LogP contribution in [0.5, 0.6) is 0 Å². The zero-order valence-corrected chi connectivity index (χ0v) is 12.1. The summed E-state index contributed by atoms with van der Waals surface area (Å²) in [7, 11) is 3.41. The highest BCUT2D eigenvalue weighted by molar-refractivity contribution is 5.61. The van der Waals surface area contributed by atoms with Gasteiger partial charge in [-0.3, -0.25) is 10.1 Å². The number of anilines is 2. The second kappa shape index (κ2) is 5.24. The maximum absolute atomic E-state index is 11.1. The molecule has 1 aromatic rings. The highest BCUT2D eigenvalue weighted by Gasteiger charge is 2.49. The van der Waals surface area contributed by atoms with Crippen LogP contribution in [0.4, 0.5) is 17.3 Å². The molecule has 1 heterocycles. The molecule has 0 spiro atoms. The van der Waals surface area contributed by atoms with E-state index in [1.54, 1.807) is 20.2 Å². The highest BCUT2D eigenvalue weighted by Crippen LogP contribution is 2.44. The normalized spacial score (nSPS) is 23.8. The molecule has 1 saturated carbocycles. The molecule has 2 unspecified atom stereocenters. The van der Waals surface area contributed by atoms with Gasteiger partial charge in [0.2, 0.25) is 5.82 Å². The van der Waals surface area contributed by atoms with Gasteiger partial charge in [-0.15, -0.1) is 0 Å². The number of nitrogens with zero attached hydrogens (tertiary/aromatic N) is 2. The van der Waals surface area contributed by atoms with Crippen LogP contribution in [-0.2, 0) is 4.74 Å². The lowest BCUT2D eigenvalue weighted by atomic mass is 9.64. The van der Waals surface area contributed by atoms with Gasteiger partial charge < -0.3 is 15.4 Å². The predicted molar refractivity (Wildman–Crippen MR) is 77.0 cm³/mol. The number of aromatic nitrogens is 1. The molecule has 2 atom stereocenters. The fourth-order valence-corrected chi connectivity index (χ4v) is 2.54. The molecule has 2 rings (SSSR count). The van der Waals surface area contributed by atoms with Crippen molar-refractivity contribution < 1.29 is 9.66 Å². The minimum atomic E-state index is -0.422. The molecule has 1 aliphatic rings. The van der Waals surface area contributed by atoms with E-state index >= 15 is 0 Å². The van der Waals surface area contributed by atoms with Crippen molar-refractivity contribution >= 4 is 17.3 Å². The van der Waals surface area contributed by atoms with Crippen LogP contribution in [0.2, 0.25) is 0 Å². The maximum atomic E-state index is 11.1. The summed E-state index contributed by atoms with van der Waals surface area (Å²) in [5, 5.41) is 17.1. The summed E-state index contributed by atoms with van der Waals surface area (Å²) in [5.74, 6) is 0.896. The van der Waals surface area contributed by atoms with E-state index in [1.165, 1.54) is 6.07 Å². The summed E-state index contributed by atoms with van der Waals surface area (Å²) in [4.78, 5) is 14.9. The van der Waals surface area contributed by atoms with Crippen LogP contribution in [0, 0.1) is 15.5 Å². The summed E-state index contributed by atoms with van der Waals surface area (Å²) in [6.07, 6.45) is 0.970. The zero-order chi connectivity index (χ0) is 14.9. The fraction of sp³-hybridized carbons (Fsp3) is 0.615. The van der Waals surface area contributed by atoms with E-state index in [0.29, 0.717) is 11.6 Å². The average Bonchev–Trinajstić information content (AvgIpc) is 2.42. The van der Waals surface area contributed by atoms with Gasteiger partial charge >= 0.3 is 5.69 Å². The lowest BCUT2D eigenvalue weighted by Gasteiger charge is -2.51. The van der Waals surface area contributed by atoms with Crippen molar-refractivity contribution in [3.05, 3.63) is 22.2 Å². The van der Waals surface area contributed by atoms with E-state index in [-0.39, 0.29) is 23.2 Å². The Hall–Kier alpha value is -1.89. The van der Waals surface area contributed by atoms with Crippen molar-refractivity contribution in [1.29, 1.82) is 0 Å². The van der Waals surface area contributed by atoms with Gasteiger partial charge in [0.05, 0.1) is 11.0 Å². The van der Waals surface area contributed by atoms with Crippen LogP contribution in [0.3, 0.4) is 0 Å². The van der Waals surface area contributed by atoms with Gasteiger partial charge in [-0.2, -0.15) is 0 Å². The van der Waals surface area contributed by atoms with Crippen LogP contribution >= 0.6 is 0 Å². The molecule has 0 aromatic carbocycles. The number of hydrogen-bond donors (Lipinski definition) is 2. The Morgan fingerprint density at radius 3 is 2.70 bits per heavy atom. The first-order chi connectivity index (χ1) is 9.40. The quantitative estimate of drug-likeness (QED) is 0.635. The molecular weight excluding hydrogens is 260 g/mol. The van der Waals surface area contributed by atoms with E-state index in [2.05, 4.69) is 29.5 Å². The van der Waals surface area contributed by atoms with Gasteiger partial charge in [0.15, 0.2) is 0 Å². The first-order valence-corrected chi connectivity index (χ1v) is 6.52. The lowest BCUT2D eigenvalue weighted by molar-refractivity contribution is -0.384. The topological polar surface area (TPSA) is 89.3 Å². The Morgan fingerprint density at radius 2 is 2.20 bits per heavy atom. The van der Waals surface area contributed by atoms with Crippen molar-refractivity contribution in [3.63, 3.8) is 0 Å². The molecule has 7 heteroatoms. The average molecular weight is 280 g/mol. The van der Waals surface area contributed by atoms with Crippen LogP contribution < -0.4 is 10.6 Å². The van der Waals surface area contributed by atoms with Crippen molar-refractivity contribution in [2.75, 3.05) is 24.8 Å². The number of ether oxygens (including phenoxy) is 1. The third-order valence-corrected chi connectivity index (χ3v) is 4.10.